The van der Waals surface area contributed by atoms with Crippen molar-refractivity contribution in [2.45, 2.75) is 13.8 Å². The Morgan fingerprint density at radius 2 is 1.76 bits per heavy atom. The molecular weight excluding hydrogens is 232 g/mol. The average molecular weight is 242 g/mol. The van der Waals surface area contributed by atoms with Gasteiger partial charge in [0.15, 0.2) is 0 Å². The summed E-state index contributed by atoms with van der Waals surface area (Å²) >= 11 is 1.70. The van der Waals surface area contributed by atoms with Crippen molar-refractivity contribution in [1.82, 2.24) is 19.9 Å². The molecule has 3 aromatic heterocycles. The highest BCUT2D eigenvalue weighted by Gasteiger charge is 2.13. The summed E-state index contributed by atoms with van der Waals surface area (Å²) in [5, 5.41) is 1.12. The first-order valence-corrected chi connectivity index (χ1v) is 6.05. The second kappa shape index (κ2) is 3.85. The molecule has 0 unspecified atom stereocenters. The molecule has 0 aliphatic heterocycles. The van der Waals surface area contributed by atoms with E-state index < -0.39 is 0 Å². The molecular formula is C12H10N4S. The smallest absolute Gasteiger partial charge is 0.127 e. The second-order valence-corrected chi connectivity index (χ2v) is 5.02. The van der Waals surface area contributed by atoms with Crippen LogP contribution < -0.4 is 0 Å². The summed E-state index contributed by atoms with van der Waals surface area (Å²) < 4.78 is 0. The van der Waals surface area contributed by atoms with Gasteiger partial charge in [0.25, 0.3) is 0 Å². The van der Waals surface area contributed by atoms with Crippen LogP contribution in [0.4, 0.5) is 0 Å². The molecule has 0 amide bonds. The molecule has 0 spiro atoms. The van der Waals surface area contributed by atoms with Gasteiger partial charge in [-0.25, -0.2) is 19.9 Å². The first kappa shape index (κ1) is 10.3. The molecule has 0 saturated carbocycles. The third-order valence-corrected chi connectivity index (χ3v) is 3.91. The van der Waals surface area contributed by atoms with E-state index in [1.54, 1.807) is 30.1 Å². The number of nitrogens with zero attached hydrogens (tertiary/aromatic N) is 4. The molecule has 0 aliphatic rings. The third kappa shape index (κ3) is 1.59. The zero-order valence-electron chi connectivity index (χ0n) is 9.51. The lowest BCUT2D eigenvalue weighted by Crippen LogP contribution is -1.89. The average Bonchev–Trinajstić information content (AvgIpc) is 2.66. The lowest BCUT2D eigenvalue weighted by Gasteiger charge is -2.01. The Morgan fingerprint density at radius 1 is 1.00 bits per heavy atom. The Morgan fingerprint density at radius 3 is 2.53 bits per heavy atom. The Balaban J connectivity index is 2.37. The van der Waals surface area contributed by atoms with Crippen LogP contribution in [0.15, 0.2) is 25.0 Å². The predicted octanol–water partition coefficient (Wildman–Crippen LogP) is 2.77. The summed E-state index contributed by atoms with van der Waals surface area (Å²) in [5.41, 5.74) is 3.09. The van der Waals surface area contributed by atoms with Crippen molar-refractivity contribution in [3.05, 3.63) is 35.5 Å². The fourth-order valence-electron chi connectivity index (χ4n) is 1.82. The third-order valence-electron chi connectivity index (χ3n) is 2.80. The predicted molar refractivity (Wildman–Crippen MR) is 67.9 cm³/mol. The quantitative estimate of drug-likeness (QED) is 0.658. The Hall–Kier alpha value is -1.88. The van der Waals surface area contributed by atoms with E-state index in [0.717, 1.165) is 21.5 Å². The van der Waals surface area contributed by atoms with Gasteiger partial charge in [-0.2, -0.15) is 0 Å². The maximum absolute atomic E-state index is 4.37. The first-order chi connectivity index (χ1) is 8.27. The monoisotopic (exact) mass is 242 g/mol. The van der Waals surface area contributed by atoms with Gasteiger partial charge < -0.3 is 0 Å². The molecule has 17 heavy (non-hydrogen) atoms. The van der Waals surface area contributed by atoms with E-state index in [-0.39, 0.29) is 0 Å². The highest BCUT2D eigenvalue weighted by Crippen LogP contribution is 2.34. The van der Waals surface area contributed by atoms with Crippen LogP contribution in [0.5, 0.6) is 0 Å². The minimum atomic E-state index is 0.914. The van der Waals surface area contributed by atoms with Crippen LogP contribution in [0.1, 0.15) is 10.4 Å². The molecule has 0 radical (unpaired) electrons. The molecule has 3 aromatic rings. The number of thiophene rings is 1. The Kier molecular flexibility index (Phi) is 2.33. The van der Waals surface area contributed by atoms with Crippen LogP contribution in [-0.4, -0.2) is 19.9 Å². The largest absolute Gasteiger partial charge is 0.244 e. The number of hydrogen-bond acceptors (Lipinski definition) is 5. The van der Waals surface area contributed by atoms with Crippen LogP contribution in [0.25, 0.3) is 21.5 Å². The van der Waals surface area contributed by atoms with Gasteiger partial charge in [0.2, 0.25) is 0 Å². The van der Waals surface area contributed by atoms with Crippen molar-refractivity contribution < 1.29 is 0 Å². The Labute approximate surface area is 102 Å². The van der Waals surface area contributed by atoms with Crippen molar-refractivity contribution >= 4 is 21.6 Å². The molecule has 0 bridgehead atoms. The van der Waals surface area contributed by atoms with Gasteiger partial charge in [-0.15, -0.1) is 11.3 Å². The van der Waals surface area contributed by atoms with Gasteiger partial charge in [-0.1, -0.05) is 0 Å². The van der Waals surface area contributed by atoms with Gasteiger partial charge in [-0.3, -0.25) is 0 Å². The maximum Gasteiger partial charge on any atom is 0.127 e. The summed E-state index contributed by atoms with van der Waals surface area (Å²) in [6, 6.07) is 0. The van der Waals surface area contributed by atoms with E-state index in [2.05, 4.69) is 33.8 Å². The van der Waals surface area contributed by atoms with E-state index in [4.69, 9.17) is 0 Å². The van der Waals surface area contributed by atoms with E-state index in [9.17, 15) is 0 Å². The molecule has 0 aliphatic carbocycles. The van der Waals surface area contributed by atoms with Crippen LogP contribution >= 0.6 is 11.3 Å². The van der Waals surface area contributed by atoms with Crippen molar-refractivity contribution in [1.29, 1.82) is 0 Å². The molecule has 3 rings (SSSR count). The van der Waals surface area contributed by atoms with E-state index >= 15 is 0 Å². The summed E-state index contributed by atoms with van der Waals surface area (Å²) in [5.74, 6) is 0. The molecule has 0 saturated heterocycles. The molecule has 5 heteroatoms. The molecule has 0 fully saturated rings. The highest BCUT2D eigenvalue weighted by atomic mass is 32.1. The number of fused-ring (bicyclic) bond motifs is 1. The standard InChI is InChI=1S/C12H10N4S/c1-7-8(2)17-12-10(7)11(15-6-16-12)9-3-13-5-14-4-9/h3-6H,1-2H3. The van der Waals surface area contributed by atoms with Crippen LogP contribution in [-0.2, 0) is 0 Å². The Bertz CT molecular complexity index is 676. The van der Waals surface area contributed by atoms with Crippen LogP contribution in [0, 0.1) is 13.8 Å². The van der Waals surface area contributed by atoms with E-state index in [0.29, 0.717) is 0 Å². The van der Waals surface area contributed by atoms with Gasteiger partial charge in [0.1, 0.15) is 17.5 Å². The lowest BCUT2D eigenvalue weighted by atomic mass is 10.1. The maximum atomic E-state index is 4.37. The second-order valence-electron chi connectivity index (χ2n) is 3.81. The topological polar surface area (TPSA) is 51.6 Å². The summed E-state index contributed by atoms with van der Waals surface area (Å²) in [6.07, 6.45) is 6.68. The summed E-state index contributed by atoms with van der Waals surface area (Å²) in [6.45, 7) is 4.21. The molecule has 4 nitrogen and oxygen atoms in total. The minimum absolute atomic E-state index is 0.914. The van der Waals surface area contributed by atoms with Crippen molar-refractivity contribution in [2.24, 2.45) is 0 Å². The number of aryl methyl sites for hydroxylation is 2. The van der Waals surface area contributed by atoms with Crippen molar-refractivity contribution in [2.75, 3.05) is 0 Å². The van der Waals surface area contributed by atoms with Crippen LogP contribution in [0.3, 0.4) is 0 Å². The molecule has 3 heterocycles. The fourth-order valence-corrected chi connectivity index (χ4v) is 2.82. The van der Waals surface area contributed by atoms with E-state index in [1.807, 2.05) is 0 Å². The van der Waals surface area contributed by atoms with Crippen molar-refractivity contribution in [3.63, 3.8) is 0 Å². The zero-order chi connectivity index (χ0) is 11.8. The fraction of sp³-hybridized carbons (Fsp3) is 0.167. The summed E-state index contributed by atoms with van der Waals surface area (Å²) in [4.78, 5) is 19.1. The first-order valence-electron chi connectivity index (χ1n) is 5.23. The molecule has 0 N–H and O–H groups in total. The number of rotatable bonds is 1. The summed E-state index contributed by atoms with van der Waals surface area (Å²) in [7, 11) is 0. The van der Waals surface area contributed by atoms with Gasteiger partial charge in [-0.05, 0) is 19.4 Å². The van der Waals surface area contributed by atoms with Gasteiger partial charge in [0, 0.05) is 28.2 Å². The van der Waals surface area contributed by atoms with E-state index in [1.165, 1.54) is 16.8 Å². The van der Waals surface area contributed by atoms with Gasteiger partial charge >= 0.3 is 0 Å². The SMILES string of the molecule is Cc1sc2ncnc(-c3cncnc3)c2c1C. The molecule has 84 valence electrons. The van der Waals surface area contributed by atoms with Crippen LogP contribution in [0.2, 0.25) is 0 Å². The number of aromatic nitrogens is 4. The normalized spacial score (nSPS) is 10.9. The van der Waals surface area contributed by atoms with Gasteiger partial charge in [0.05, 0.1) is 5.69 Å². The highest BCUT2D eigenvalue weighted by molar-refractivity contribution is 7.18. The minimum Gasteiger partial charge on any atom is -0.244 e. The molecule has 0 aromatic carbocycles. The molecule has 0 atom stereocenters. The zero-order valence-corrected chi connectivity index (χ0v) is 10.3. The number of hydrogen-bond donors (Lipinski definition) is 0. The van der Waals surface area contributed by atoms with Crippen molar-refractivity contribution in [3.8, 4) is 11.3 Å². The lowest BCUT2D eigenvalue weighted by molar-refractivity contribution is 1.15.